The lowest BCUT2D eigenvalue weighted by Crippen LogP contribution is -2.42. The lowest BCUT2D eigenvalue weighted by Gasteiger charge is -2.32. The van der Waals surface area contributed by atoms with Crippen LogP contribution in [-0.4, -0.2) is 37.3 Å². The number of carbonyl (C=O) groups excluding carboxylic acids is 1. The lowest BCUT2D eigenvalue weighted by molar-refractivity contribution is -0.123. The normalized spacial score (nSPS) is 24.3. The minimum absolute atomic E-state index is 0.000882. The van der Waals surface area contributed by atoms with Crippen molar-refractivity contribution in [1.82, 2.24) is 4.31 Å². The summed E-state index contributed by atoms with van der Waals surface area (Å²) in [7, 11) is -3.56. The third-order valence-corrected chi connectivity index (χ3v) is 6.95. The van der Waals surface area contributed by atoms with Gasteiger partial charge in [0.15, 0.2) is 6.10 Å². The molecule has 0 aliphatic carbocycles. The van der Waals surface area contributed by atoms with Crippen LogP contribution in [0.5, 0.6) is 5.75 Å². The number of hydrogen-bond acceptors (Lipinski definition) is 4. The predicted molar refractivity (Wildman–Crippen MR) is 96.2 cm³/mol. The number of ether oxygens (including phenoxy) is 1. The minimum atomic E-state index is -3.56. The summed E-state index contributed by atoms with van der Waals surface area (Å²) in [5.74, 6) is 0.327. The van der Waals surface area contributed by atoms with Crippen LogP contribution in [0.25, 0.3) is 0 Å². The standard InChI is InChI=1S/C18H26N2O4S/c1-3-4-8-17-18(21)19-15-12-14(9-10-16(15)24-17)25(22,23)20-11-6-5-7-13(20)2/h9-10,12-13,17H,3-8,11H2,1-2H3,(H,19,21). The molecule has 0 saturated carbocycles. The molecule has 6 nitrogen and oxygen atoms in total. The number of fused-ring (bicyclic) bond motifs is 1. The first-order valence-corrected chi connectivity index (χ1v) is 10.5. The summed E-state index contributed by atoms with van der Waals surface area (Å²) >= 11 is 0. The Balaban J connectivity index is 1.84. The second kappa shape index (κ2) is 7.33. The Morgan fingerprint density at radius 2 is 2.12 bits per heavy atom. The Bertz CT molecular complexity index is 747. The monoisotopic (exact) mass is 366 g/mol. The molecule has 1 aromatic carbocycles. The number of rotatable bonds is 5. The van der Waals surface area contributed by atoms with Gasteiger partial charge in [-0.25, -0.2) is 8.42 Å². The first-order valence-electron chi connectivity index (χ1n) is 9.07. The van der Waals surface area contributed by atoms with Gasteiger partial charge in [-0.2, -0.15) is 4.31 Å². The van der Waals surface area contributed by atoms with Crippen LogP contribution in [0, 0.1) is 0 Å². The molecule has 7 heteroatoms. The fourth-order valence-electron chi connectivity index (χ4n) is 3.43. The van der Waals surface area contributed by atoms with E-state index >= 15 is 0 Å². The third kappa shape index (κ3) is 3.67. The second-order valence-electron chi connectivity index (χ2n) is 6.86. The molecule has 1 N–H and O–H groups in total. The Morgan fingerprint density at radius 3 is 2.84 bits per heavy atom. The Hall–Kier alpha value is -1.60. The van der Waals surface area contributed by atoms with E-state index in [0.29, 0.717) is 24.4 Å². The maximum Gasteiger partial charge on any atom is 0.265 e. The van der Waals surface area contributed by atoms with Crippen LogP contribution >= 0.6 is 0 Å². The quantitative estimate of drug-likeness (QED) is 0.869. The first kappa shape index (κ1) is 18.2. The number of nitrogens with zero attached hydrogens (tertiary/aromatic N) is 1. The Labute approximate surface area is 149 Å². The fraction of sp³-hybridized carbons (Fsp3) is 0.611. The van der Waals surface area contributed by atoms with Gasteiger partial charge in [0.05, 0.1) is 10.6 Å². The van der Waals surface area contributed by atoms with Gasteiger partial charge in [-0.1, -0.05) is 19.8 Å². The van der Waals surface area contributed by atoms with E-state index in [4.69, 9.17) is 4.74 Å². The van der Waals surface area contributed by atoms with Crippen LogP contribution < -0.4 is 10.1 Å². The van der Waals surface area contributed by atoms with Crippen LogP contribution in [0.3, 0.4) is 0 Å². The molecule has 0 bridgehead atoms. The van der Waals surface area contributed by atoms with Gasteiger partial charge in [-0.3, -0.25) is 4.79 Å². The van der Waals surface area contributed by atoms with Gasteiger partial charge < -0.3 is 10.1 Å². The van der Waals surface area contributed by atoms with E-state index < -0.39 is 16.1 Å². The van der Waals surface area contributed by atoms with Crippen LogP contribution in [0.2, 0.25) is 0 Å². The number of benzene rings is 1. The molecule has 2 aliphatic rings. The highest BCUT2D eigenvalue weighted by Crippen LogP contribution is 2.34. The smallest absolute Gasteiger partial charge is 0.265 e. The summed E-state index contributed by atoms with van der Waals surface area (Å²) in [6, 6.07) is 4.73. The zero-order chi connectivity index (χ0) is 18.0. The molecule has 1 aromatic rings. The highest BCUT2D eigenvalue weighted by molar-refractivity contribution is 7.89. The Kier molecular flexibility index (Phi) is 5.34. The molecule has 2 unspecified atom stereocenters. The number of piperidine rings is 1. The molecule has 138 valence electrons. The maximum absolute atomic E-state index is 12.9. The van der Waals surface area contributed by atoms with Gasteiger partial charge >= 0.3 is 0 Å². The van der Waals surface area contributed by atoms with E-state index in [0.717, 1.165) is 32.1 Å². The van der Waals surface area contributed by atoms with Crippen LogP contribution in [0.1, 0.15) is 52.4 Å². The summed E-state index contributed by atoms with van der Waals surface area (Å²) in [6.45, 7) is 4.55. The van der Waals surface area contributed by atoms with Gasteiger partial charge in [-0.05, 0) is 50.8 Å². The number of sulfonamides is 1. The average Bonchev–Trinajstić information content (AvgIpc) is 2.59. The lowest BCUT2D eigenvalue weighted by atomic mass is 10.1. The van der Waals surface area contributed by atoms with Crippen LogP contribution in [0.4, 0.5) is 5.69 Å². The summed E-state index contributed by atoms with van der Waals surface area (Å²) < 4.78 is 33.2. The van der Waals surface area contributed by atoms with E-state index in [2.05, 4.69) is 12.2 Å². The van der Waals surface area contributed by atoms with Crippen molar-refractivity contribution in [2.75, 3.05) is 11.9 Å². The van der Waals surface area contributed by atoms with Crippen molar-refractivity contribution < 1.29 is 17.9 Å². The molecular formula is C18H26N2O4S. The third-order valence-electron chi connectivity index (χ3n) is 4.94. The maximum atomic E-state index is 12.9. The van der Waals surface area contributed by atoms with E-state index in [1.165, 1.54) is 6.07 Å². The number of anilines is 1. The number of nitrogens with one attached hydrogen (secondary N) is 1. The summed E-state index contributed by atoms with van der Waals surface area (Å²) in [6.07, 6.45) is 4.87. The predicted octanol–water partition coefficient (Wildman–Crippen LogP) is 3.14. The van der Waals surface area contributed by atoms with Crippen molar-refractivity contribution >= 4 is 21.6 Å². The van der Waals surface area contributed by atoms with Crippen molar-refractivity contribution in [2.24, 2.45) is 0 Å². The molecule has 1 saturated heterocycles. The summed E-state index contributed by atoms with van der Waals surface area (Å²) in [4.78, 5) is 12.4. The van der Waals surface area contributed by atoms with Crippen molar-refractivity contribution in [3.63, 3.8) is 0 Å². The minimum Gasteiger partial charge on any atom is -0.478 e. The summed E-state index contributed by atoms with van der Waals surface area (Å²) in [5, 5.41) is 2.80. The molecule has 25 heavy (non-hydrogen) atoms. The zero-order valence-electron chi connectivity index (χ0n) is 14.8. The molecule has 0 radical (unpaired) electrons. The van der Waals surface area contributed by atoms with Crippen molar-refractivity contribution in [3.8, 4) is 5.75 Å². The molecular weight excluding hydrogens is 340 g/mol. The molecule has 1 amide bonds. The zero-order valence-corrected chi connectivity index (χ0v) is 15.6. The van der Waals surface area contributed by atoms with Gasteiger partial charge in [0, 0.05) is 12.6 Å². The SMILES string of the molecule is CCCCC1Oc2ccc(S(=O)(=O)N3CCCCC3C)cc2NC1=O. The number of hydrogen-bond donors (Lipinski definition) is 1. The molecule has 2 aliphatic heterocycles. The van der Waals surface area contributed by atoms with Crippen LogP contribution in [-0.2, 0) is 14.8 Å². The Morgan fingerprint density at radius 1 is 1.32 bits per heavy atom. The highest BCUT2D eigenvalue weighted by atomic mass is 32.2. The average molecular weight is 366 g/mol. The number of carbonyl (C=O) groups is 1. The largest absolute Gasteiger partial charge is 0.478 e. The number of unbranched alkanes of at least 4 members (excludes halogenated alkanes) is 1. The van der Waals surface area contributed by atoms with Gasteiger partial charge in [0.1, 0.15) is 5.75 Å². The molecule has 2 heterocycles. The topological polar surface area (TPSA) is 75.7 Å². The van der Waals surface area contributed by atoms with Crippen LogP contribution in [0.15, 0.2) is 23.1 Å². The molecule has 0 spiro atoms. The first-order chi connectivity index (χ1) is 11.9. The van der Waals surface area contributed by atoms with Crippen molar-refractivity contribution in [2.45, 2.75) is 69.4 Å². The van der Waals surface area contributed by atoms with E-state index in [-0.39, 0.29) is 16.8 Å². The fourth-order valence-corrected chi connectivity index (χ4v) is 5.16. The molecule has 0 aromatic heterocycles. The highest BCUT2D eigenvalue weighted by Gasteiger charge is 2.33. The molecule has 3 rings (SSSR count). The van der Waals surface area contributed by atoms with Crippen molar-refractivity contribution in [3.05, 3.63) is 18.2 Å². The molecule has 2 atom stereocenters. The van der Waals surface area contributed by atoms with E-state index in [1.807, 2.05) is 6.92 Å². The second-order valence-corrected chi connectivity index (χ2v) is 8.75. The van der Waals surface area contributed by atoms with Gasteiger partial charge in [0.2, 0.25) is 10.0 Å². The molecule has 1 fully saturated rings. The van der Waals surface area contributed by atoms with Gasteiger partial charge in [0.25, 0.3) is 5.91 Å². The number of amides is 1. The van der Waals surface area contributed by atoms with E-state index in [9.17, 15) is 13.2 Å². The summed E-state index contributed by atoms with van der Waals surface area (Å²) in [5.41, 5.74) is 0.434. The van der Waals surface area contributed by atoms with Crippen molar-refractivity contribution in [1.29, 1.82) is 0 Å². The van der Waals surface area contributed by atoms with E-state index in [1.54, 1.807) is 16.4 Å². The van der Waals surface area contributed by atoms with Gasteiger partial charge in [-0.15, -0.1) is 0 Å².